The second-order valence-corrected chi connectivity index (χ2v) is 4.69. The van der Waals surface area contributed by atoms with Gasteiger partial charge in [-0.05, 0) is 12.1 Å². The highest BCUT2D eigenvalue weighted by Crippen LogP contribution is 2.21. The number of hydrogen-bond donors (Lipinski definition) is 3. The van der Waals surface area contributed by atoms with E-state index in [1.54, 1.807) is 0 Å². The van der Waals surface area contributed by atoms with E-state index in [9.17, 15) is 9.90 Å². The van der Waals surface area contributed by atoms with Crippen molar-refractivity contribution in [3.8, 4) is 0 Å². The van der Waals surface area contributed by atoms with Crippen molar-refractivity contribution in [2.75, 3.05) is 23.1 Å². The molecule has 0 saturated heterocycles. The summed E-state index contributed by atoms with van der Waals surface area (Å²) in [6.07, 6.45) is -0.611. The number of rotatable bonds is 6. The fourth-order valence-corrected chi connectivity index (χ4v) is 1.41. The lowest BCUT2D eigenvalue weighted by Crippen LogP contribution is -2.22. The maximum absolute atomic E-state index is 11.6. The zero-order chi connectivity index (χ0) is 13.5. The van der Waals surface area contributed by atoms with Crippen molar-refractivity contribution in [3.05, 3.63) is 24.3 Å². The Morgan fingerprint density at radius 2 is 1.94 bits per heavy atom. The van der Waals surface area contributed by atoms with Crippen LogP contribution in [0.25, 0.3) is 0 Å². The summed E-state index contributed by atoms with van der Waals surface area (Å²) in [5, 5.41) is 15.3. The molecule has 0 aliphatic carbocycles. The van der Waals surface area contributed by atoms with Gasteiger partial charge in [-0.15, -0.1) is 11.6 Å². The van der Waals surface area contributed by atoms with Gasteiger partial charge < -0.3 is 15.7 Å². The highest BCUT2D eigenvalue weighted by Gasteiger charge is 2.10. The van der Waals surface area contributed by atoms with Crippen LogP contribution in [-0.4, -0.2) is 29.5 Å². The first-order chi connectivity index (χ1) is 8.54. The lowest BCUT2D eigenvalue weighted by Gasteiger charge is -2.15. The summed E-state index contributed by atoms with van der Waals surface area (Å²) in [5.41, 5.74) is 1.48. The highest BCUT2D eigenvalue weighted by atomic mass is 35.5. The number of aliphatic hydroxyl groups excluding tert-OH is 1. The molecule has 1 amide bonds. The first-order valence-electron chi connectivity index (χ1n) is 5.92. The van der Waals surface area contributed by atoms with Gasteiger partial charge in [0.2, 0.25) is 5.91 Å². The quantitative estimate of drug-likeness (QED) is 0.695. The zero-order valence-electron chi connectivity index (χ0n) is 10.6. The molecule has 0 fully saturated rings. The minimum absolute atomic E-state index is 0.0397. The van der Waals surface area contributed by atoms with Crippen LogP contribution in [0.4, 0.5) is 11.4 Å². The third-order valence-electron chi connectivity index (χ3n) is 2.42. The van der Waals surface area contributed by atoms with E-state index in [0.29, 0.717) is 12.2 Å². The molecule has 100 valence electrons. The number of aliphatic hydroxyl groups is 1. The molecule has 18 heavy (non-hydrogen) atoms. The number of benzene rings is 1. The second kappa shape index (κ2) is 7.24. The van der Waals surface area contributed by atoms with Gasteiger partial charge in [0, 0.05) is 12.5 Å². The lowest BCUT2D eigenvalue weighted by atomic mass is 10.2. The standard InChI is InChI=1S/C13H19ClN2O2/c1-9(2)13(18)16-12-6-4-3-5-11(12)15-8-10(17)7-14/h3-6,9-10,15,17H,7-8H2,1-2H3,(H,16,18). The summed E-state index contributed by atoms with van der Waals surface area (Å²) < 4.78 is 0. The molecule has 4 nitrogen and oxygen atoms in total. The summed E-state index contributed by atoms with van der Waals surface area (Å²) in [5.74, 6) is 0.0571. The Balaban J connectivity index is 2.70. The van der Waals surface area contributed by atoms with Crippen LogP contribution in [0.2, 0.25) is 0 Å². The Labute approximate surface area is 112 Å². The normalized spacial score (nSPS) is 12.3. The smallest absolute Gasteiger partial charge is 0.226 e. The Morgan fingerprint density at radius 3 is 2.50 bits per heavy atom. The molecule has 1 unspecified atom stereocenters. The number of nitrogens with one attached hydrogen (secondary N) is 2. The summed E-state index contributed by atoms with van der Waals surface area (Å²) >= 11 is 5.52. The van der Waals surface area contributed by atoms with E-state index in [1.165, 1.54) is 0 Å². The number of halogens is 1. The molecule has 0 aliphatic heterocycles. The van der Waals surface area contributed by atoms with Crippen molar-refractivity contribution in [3.63, 3.8) is 0 Å². The summed E-state index contributed by atoms with van der Waals surface area (Å²) in [6, 6.07) is 7.37. The predicted molar refractivity (Wildman–Crippen MR) is 75.1 cm³/mol. The molecule has 1 aromatic rings. The molecule has 1 aromatic carbocycles. The van der Waals surface area contributed by atoms with Gasteiger partial charge in [0.1, 0.15) is 0 Å². The molecule has 1 rings (SSSR count). The minimum Gasteiger partial charge on any atom is -0.390 e. The first-order valence-corrected chi connectivity index (χ1v) is 6.45. The average molecular weight is 271 g/mol. The first kappa shape index (κ1) is 14.8. The minimum atomic E-state index is -0.611. The molecule has 1 atom stereocenters. The van der Waals surface area contributed by atoms with Crippen LogP contribution < -0.4 is 10.6 Å². The van der Waals surface area contributed by atoms with Gasteiger partial charge in [-0.25, -0.2) is 0 Å². The van der Waals surface area contributed by atoms with E-state index in [0.717, 1.165) is 5.69 Å². The third-order valence-corrected chi connectivity index (χ3v) is 2.77. The van der Waals surface area contributed by atoms with E-state index in [4.69, 9.17) is 11.6 Å². The monoisotopic (exact) mass is 270 g/mol. The van der Waals surface area contributed by atoms with Gasteiger partial charge in [-0.1, -0.05) is 26.0 Å². The van der Waals surface area contributed by atoms with E-state index >= 15 is 0 Å². The van der Waals surface area contributed by atoms with Crippen LogP contribution in [0.5, 0.6) is 0 Å². The topological polar surface area (TPSA) is 61.4 Å². The van der Waals surface area contributed by atoms with Crippen LogP contribution in [0, 0.1) is 5.92 Å². The highest BCUT2D eigenvalue weighted by molar-refractivity contribution is 6.18. The molecule has 0 radical (unpaired) electrons. The summed E-state index contributed by atoms with van der Waals surface area (Å²) in [7, 11) is 0. The fraction of sp³-hybridized carbons (Fsp3) is 0.462. The summed E-state index contributed by atoms with van der Waals surface area (Å²) in [6.45, 7) is 4.02. The maximum Gasteiger partial charge on any atom is 0.226 e. The van der Waals surface area contributed by atoms with E-state index < -0.39 is 6.10 Å². The van der Waals surface area contributed by atoms with Crippen molar-refractivity contribution in [1.82, 2.24) is 0 Å². The molecule has 5 heteroatoms. The Bertz CT molecular complexity index is 396. The van der Waals surface area contributed by atoms with E-state index in [2.05, 4.69) is 10.6 Å². The SMILES string of the molecule is CC(C)C(=O)Nc1ccccc1NCC(O)CCl. The molecular weight excluding hydrogens is 252 g/mol. The van der Waals surface area contributed by atoms with Gasteiger partial charge in [-0.2, -0.15) is 0 Å². The van der Waals surface area contributed by atoms with Crippen LogP contribution in [0.15, 0.2) is 24.3 Å². The third kappa shape index (κ3) is 4.55. The van der Waals surface area contributed by atoms with Crippen molar-refractivity contribution in [2.45, 2.75) is 20.0 Å². The molecule has 0 saturated carbocycles. The summed E-state index contributed by atoms with van der Waals surface area (Å²) in [4.78, 5) is 11.6. The van der Waals surface area contributed by atoms with Gasteiger partial charge in [-0.3, -0.25) is 4.79 Å². The number of amides is 1. The molecule has 0 spiro atoms. The van der Waals surface area contributed by atoms with Crippen LogP contribution >= 0.6 is 11.6 Å². The Morgan fingerprint density at radius 1 is 1.33 bits per heavy atom. The lowest BCUT2D eigenvalue weighted by molar-refractivity contribution is -0.118. The van der Waals surface area contributed by atoms with Crippen LogP contribution in [-0.2, 0) is 4.79 Å². The van der Waals surface area contributed by atoms with Crippen LogP contribution in [0.3, 0.4) is 0 Å². The van der Waals surface area contributed by atoms with Gasteiger partial charge in [0.05, 0.1) is 23.4 Å². The van der Waals surface area contributed by atoms with Crippen molar-refractivity contribution in [2.24, 2.45) is 5.92 Å². The van der Waals surface area contributed by atoms with Crippen molar-refractivity contribution >= 4 is 28.9 Å². The second-order valence-electron chi connectivity index (χ2n) is 4.38. The number of para-hydroxylation sites is 2. The number of alkyl halides is 1. The predicted octanol–water partition coefficient (Wildman–Crippen LogP) is 2.29. The molecule has 0 aliphatic rings. The van der Waals surface area contributed by atoms with Gasteiger partial charge >= 0.3 is 0 Å². The average Bonchev–Trinajstić information content (AvgIpc) is 2.37. The zero-order valence-corrected chi connectivity index (χ0v) is 11.4. The number of anilines is 2. The molecule has 0 aromatic heterocycles. The number of hydrogen-bond acceptors (Lipinski definition) is 3. The van der Waals surface area contributed by atoms with Crippen LogP contribution in [0.1, 0.15) is 13.8 Å². The number of carbonyl (C=O) groups excluding carboxylic acids is 1. The van der Waals surface area contributed by atoms with E-state index in [-0.39, 0.29) is 17.7 Å². The fourth-order valence-electron chi connectivity index (χ4n) is 1.31. The van der Waals surface area contributed by atoms with Gasteiger partial charge in [0.25, 0.3) is 0 Å². The molecule has 3 N–H and O–H groups in total. The Kier molecular flexibility index (Phi) is 5.95. The molecular formula is C13H19ClN2O2. The largest absolute Gasteiger partial charge is 0.390 e. The van der Waals surface area contributed by atoms with E-state index in [1.807, 2.05) is 38.1 Å². The molecule has 0 heterocycles. The van der Waals surface area contributed by atoms with Crippen molar-refractivity contribution < 1.29 is 9.90 Å². The number of carbonyl (C=O) groups is 1. The molecule has 0 bridgehead atoms. The maximum atomic E-state index is 11.6. The Hall–Kier alpha value is -1.26. The van der Waals surface area contributed by atoms with Crippen molar-refractivity contribution in [1.29, 1.82) is 0 Å². The van der Waals surface area contributed by atoms with Gasteiger partial charge in [0.15, 0.2) is 0 Å².